The average molecular weight is 521 g/mol. The van der Waals surface area contributed by atoms with Gasteiger partial charge in [0.1, 0.15) is 0 Å². The number of nitrogens with zero attached hydrogens (tertiary/aromatic N) is 2. The Hall–Kier alpha value is -0.0800. The van der Waals surface area contributed by atoms with E-state index in [1.165, 1.54) is 77.0 Å². The Balaban J connectivity index is 0.982. The van der Waals surface area contributed by atoms with Crippen LogP contribution in [0.25, 0.3) is 0 Å². The van der Waals surface area contributed by atoms with E-state index in [0.29, 0.717) is 0 Å². The van der Waals surface area contributed by atoms with Crippen molar-refractivity contribution in [1.82, 2.24) is 9.80 Å². The Labute approximate surface area is 235 Å². The lowest BCUT2D eigenvalue weighted by atomic mass is 9.62. The topological polar surface area (TPSA) is 6.48 Å². The Kier molecular flexibility index (Phi) is 7.39. The molecule has 0 amide bonds. The van der Waals surface area contributed by atoms with Gasteiger partial charge < -0.3 is 0 Å². The fourth-order valence-corrected chi connectivity index (χ4v) is 13.3. The van der Waals surface area contributed by atoms with Gasteiger partial charge in [-0.2, -0.15) is 0 Å². The molecule has 0 aromatic heterocycles. The van der Waals surface area contributed by atoms with Crippen LogP contribution >= 0.6 is 0 Å². The molecule has 0 spiro atoms. The quantitative estimate of drug-likeness (QED) is 0.366. The van der Waals surface area contributed by atoms with Crippen LogP contribution in [-0.2, 0) is 0 Å². The summed E-state index contributed by atoms with van der Waals surface area (Å²) in [5.41, 5.74) is 0. The third kappa shape index (κ3) is 4.39. The lowest BCUT2D eigenvalue weighted by Gasteiger charge is -2.46. The highest BCUT2D eigenvalue weighted by atomic mass is 15.3. The standard InChI is InChI=1S/C36H60N2/c1-3-11-27(12-4-1)37-33-17-9-7-15-29(33)31-23-25(19-21-35(31)37)26-20-22-36-32(24-26)30-16-8-10-18-34(30)38(36)28-13-5-2-6-14-28/h25-36H,1-24H2. The first-order valence-corrected chi connectivity index (χ1v) is 18.4. The van der Waals surface area contributed by atoms with Crippen LogP contribution in [0.15, 0.2) is 0 Å². The first kappa shape index (κ1) is 25.6. The zero-order valence-corrected chi connectivity index (χ0v) is 24.8. The molecule has 0 aromatic rings. The molecule has 0 aromatic carbocycles. The zero-order valence-electron chi connectivity index (χ0n) is 24.8. The van der Waals surface area contributed by atoms with Crippen molar-refractivity contribution in [1.29, 1.82) is 0 Å². The third-order valence-corrected chi connectivity index (χ3v) is 14.7. The van der Waals surface area contributed by atoms with E-state index in [9.17, 15) is 0 Å². The lowest BCUT2D eigenvalue weighted by Crippen LogP contribution is -2.49. The van der Waals surface area contributed by atoms with Crippen molar-refractivity contribution < 1.29 is 0 Å². The molecule has 0 N–H and O–H groups in total. The van der Waals surface area contributed by atoms with Crippen LogP contribution in [0.3, 0.4) is 0 Å². The number of fused-ring (bicyclic) bond motifs is 6. The smallest absolute Gasteiger partial charge is 0.0133 e. The third-order valence-electron chi connectivity index (χ3n) is 14.7. The predicted molar refractivity (Wildman–Crippen MR) is 158 cm³/mol. The van der Waals surface area contributed by atoms with Gasteiger partial charge >= 0.3 is 0 Å². The highest BCUT2D eigenvalue weighted by molar-refractivity contribution is 5.09. The van der Waals surface area contributed by atoms with Gasteiger partial charge in [0.15, 0.2) is 0 Å². The van der Waals surface area contributed by atoms with E-state index in [2.05, 4.69) is 9.80 Å². The van der Waals surface area contributed by atoms with Crippen molar-refractivity contribution in [2.75, 3.05) is 0 Å². The van der Waals surface area contributed by atoms with Gasteiger partial charge in [-0.25, -0.2) is 0 Å². The van der Waals surface area contributed by atoms with Crippen LogP contribution in [0.4, 0.5) is 0 Å². The Morgan fingerprint density at radius 2 is 0.658 bits per heavy atom. The monoisotopic (exact) mass is 520 g/mol. The molecule has 6 saturated carbocycles. The molecule has 2 heterocycles. The predicted octanol–water partition coefficient (Wildman–Crippen LogP) is 8.97. The number of rotatable bonds is 3. The number of likely N-dealkylation sites (tertiary alicyclic amines) is 2. The minimum Gasteiger partial charge on any atom is -0.294 e. The van der Waals surface area contributed by atoms with Crippen LogP contribution in [0.5, 0.6) is 0 Å². The van der Waals surface area contributed by atoms with Gasteiger partial charge in [-0.1, -0.05) is 64.2 Å². The van der Waals surface area contributed by atoms with Crippen LogP contribution in [0.2, 0.25) is 0 Å². The number of hydrogen-bond acceptors (Lipinski definition) is 2. The largest absolute Gasteiger partial charge is 0.294 e. The molecule has 38 heavy (non-hydrogen) atoms. The highest BCUT2D eigenvalue weighted by Crippen LogP contribution is 2.57. The fraction of sp³-hybridized carbons (Fsp3) is 1.00. The van der Waals surface area contributed by atoms with Gasteiger partial charge in [-0.05, 0) is 125 Å². The SMILES string of the molecule is C1CCC(N2C3CCCCC3C3CC(C4CCC5C(C4)C4CCCCC4N5C4CCCCC4)CCC32)CC1. The second-order valence-corrected chi connectivity index (χ2v) is 16.1. The van der Waals surface area contributed by atoms with Gasteiger partial charge in [0.2, 0.25) is 0 Å². The van der Waals surface area contributed by atoms with E-state index in [1.807, 2.05) is 0 Å². The second kappa shape index (κ2) is 11.0. The summed E-state index contributed by atoms with van der Waals surface area (Å²) < 4.78 is 0. The molecule has 2 saturated heterocycles. The lowest BCUT2D eigenvalue weighted by molar-refractivity contribution is 0.0312. The van der Waals surface area contributed by atoms with Gasteiger partial charge in [0.25, 0.3) is 0 Å². The first-order chi connectivity index (χ1) is 18.9. The van der Waals surface area contributed by atoms with Crippen molar-refractivity contribution in [3.8, 4) is 0 Å². The molecule has 8 aliphatic rings. The summed E-state index contributed by atoms with van der Waals surface area (Å²) in [6.07, 6.45) is 37.2. The van der Waals surface area contributed by atoms with Crippen LogP contribution in [-0.4, -0.2) is 46.1 Å². The fourth-order valence-electron chi connectivity index (χ4n) is 13.3. The molecular formula is C36H60N2. The van der Waals surface area contributed by atoms with Crippen molar-refractivity contribution in [2.24, 2.45) is 35.5 Å². The molecule has 10 unspecified atom stereocenters. The minimum absolute atomic E-state index is 0.962. The zero-order chi connectivity index (χ0) is 25.1. The van der Waals surface area contributed by atoms with Crippen LogP contribution < -0.4 is 0 Å². The molecular weight excluding hydrogens is 460 g/mol. The van der Waals surface area contributed by atoms with Crippen molar-refractivity contribution >= 4 is 0 Å². The molecule has 2 nitrogen and oxygen atoms in total. The second-order valence-electron chi connectivity index (χ2n) is 16.1. The molecule has 214 valence electrons. The maximum atomic E-state index is 3.24. The minimum atomic E-state index is 0.962. The molecule has 6 aliphatic carbocycles. The maximum Gasteiger partial charge on any atom is 0.0133 e. The first-order valence-electron chi connectivity index (χ1n) is 18.4. The van der Waals surface area contributed by atoms with E-state index >= 15 is 0 Å². The van der Waals surface area contributed by atoms with E-state index < -0.39 is 0 Å². The molecule has 2 aliphatic heterocycles. The summed E-state index contributed by atoms with van der Waals surface area (Å²) in [6.45, 7) is 0. The normalized spacial score (nSPS) is 49.3. The maximum absolute atomic E-state index is 3.24. The van der Waals surface area contributed by atoms with Gasteiger partial charge in [0, 0.05) is 36.3 Å². The molecule has 10 atom stereocenters. The van der Waals surface area contributed by atoms with Gasteiger partial charge in [-0.3, -0.25) is 9.80 Å². The average Bonchev–Trinajstić information content (AvgIpc) is 3.50. The van der Waals surface area contributed by atoms with E-state index in [0.717, 1.165) is 71.8 Å². The molecule has 8 fully saturated rings. The highest BCUT2D eigenvalue weighted by Gasteiger charge is 2.56. The molecule has 0 bridgehead atoms. The van der Waals surface area contributed by atoms with E-state index in [-0.39, 0.29) is 0 Å². The van der Waals surface area contributed by atoms with Gasteiger partial charge in [-0.15, -0.1) is 0 Å². The Morgan fingerprint density at radius 3 is 1.11 bits per heavy atom. The Morgan fingerprint density at radius 1 is 0.289 bits per heavy atom. The summed E-state index contributed by atoms with van der Waals surface area (Å²) in [5, 5.41) is 0. The summed E-state index contributed by atoms with van der Waals surface area (Å²) in [4.78, 5) is 6.48. The number of hydrogen-bond donors (Lipinski definition) is 0. The molecule has 0 radical (unpaired) electrons. The van der Waals surface area contributed by atoms with Gasteiger partial charge in [0.05, 0.1) is 0 Å². The van der Waals surface area contributed by atoms with E-state index in [1.54, 1.807) is 77.0 Å². The van der Waals surface area contributed by atoms with Crippen LogP contribution in [0.1, 0.15) is 154 Å². The van der Waals surface area contributed by atoms with Crippen molar-refractivity contribution in [3.63, 3.8) is 0 Å². The summed E-state index contributed by atoms with van der Waals surface area (Å²) in [7, 11) is 0. The Bertz CT molecular complexity index is 731. The summed E-state index contributed by atoms with van der Waals surface area (Å²) in [5.74, 6) is 6.46. The van der Waals surface area contributed by atoms with Crippen LogP contribution in [0, 0.1) is 35.5 Å². The molecule has 8 rings (SSSR count). The van der Waals surface area contributed by atoms with Crippen molar-refractivity contribution in [3.05, 3.63) is 0 Å². The molecule has 2 heteroatoms. The van der Waals surface area contributed by atoms with E-state index in [4.69, 9.17) is 0 Å². The summed E-state index contributed by atoms with van der Waals surface area (Å²) in [6, 6.07) is 5.86. The van der Waals surface area contributed by atoms with Crippen molar-refractivity contribution in [2.45, 2.75) is 190 Å². The summed E-state index contributed by atoms with van der Waals surface area (Å²) >= 11 is 0.